The molecular formula is C13H21N3O. The molecule has 0 spiro atoms. The van der Waals surface area contributed by atoms with E-state index >= 15 is 0 Å². The van der Waals surface area contributed by atoms with Crippen LogP contribution in [0.5, 0.6) is 0 Å². The molecule has 0 aliphatic rings. The van der Waals surface area contributed by atoms with E-state index in [1.54, 1.807) is 6.26 Å². The maximum Gasteiger partial charge on any atom is 0.122 e. The van der Waals surface area contributed by atoms with Crippen molar-refractivity contribution in [2.45, 2.75) is 26.3 Å². The molecule has 2 N–H and O–H groups in total. The molecule has 0 saturated carbocycles. The minimum Gasteiger partial charge on any atom is -0.468 e. The van der Waals surface area contributed by atoms with Gasteiger partial charge in [-0.3, -0.25) is 4.90 Å². The zero-order valence-electron chi connectivity index (χ0n) is 10.6. The summed E-state index contributed by atoms with van der Waals surface area (Å²) in [4.78, 5) is 2.23. The highest BCUT2D eigenvalue weighted by atomic mass is 16.3. The van der Waals surface area contributed by atoms with Gasteiger partial charge in [-0.2, -0.15) is 5.26 Å². The number of nitrogens with zero attached hydrogens (tertiary/aromatic N) is 2. The van der Waals surface area contributed by atoms with Crippen LogP contribution >= 0.6 is 0 Å². The van der Waals surface area contributed by atoms with Gasteiger partial charge in [0.15, 0.2) is 0 Å². The Morgan fingerprint density at radius 1 is 1.53 bits per heavy atom. The lowest BCUT2D eigenvalue weighted by Gasteiger charge is -2.30. The number of nitriles is 1. The molecule has 17 heavy (non-hydrogen) atoms. The lowest BCUT2D eigenvalue weighted by atomic mass is 10.1. The largest absolute Gasteiger partial charge is 0.468 e. The fraction of sp³-hybridized carbons (Fsp3) is 0.615. The molecule has 0 radical (unpaired) electrons. The molecule has 94 valence electrons. The first-order valence-corrected chi connectivity index (χ1v) is 6.03. The summed E-state index contributed by atoms with van der Waals surface area (Å²) in [6.07, 6.45) is 2.18. The van der Waals surface area contributed by atoms with Gasteiger partial charge in [0, 0.05) is 26.1 Å². The van der Waals surface area contributed by atoms with Crippen molar-refractivity contribution in [3.8, 4) is 6.07 Å². The molecule has 1 aromatic heterocycles. The first-order chi connectivity index (χ1) is 8.19. The summed E-state index contributed by atoms with van der Waals surface area (Å²) in [6.45, 7) is 6.48. The molecule has 1 heterocycles. The van der Waals surface area contributed by atoms with Crippen molar-refractivity contribution >= 4 is 0 Å². The fourth-order valence-electron chi connectivity index (χ4n) is 1.96. The van der Waals surface area contributed by atoms with E-state index in [0.29, 0.717) is 18.9 Å². The van der Waals surface area contributed by atoms with Crippen LogP contribution in [-0.4, -0.2) is 24.5 Å². The van der Waals surface area contributed by atoms with E-state index in [1.165, 1.54) is 0 Å². The van der Waals surface area contributed by atoms with E-state index in [4.69, 9.17) is 15.4 Å². The third kappa shape index (κ3) is 4.22. The summed E-state index contributed by atoms with van der Waals surface area (Å²) in [5.74, 6) is 1.42. The molecular weight excluding hydrogens is 214 g/mol. The van der Waals surface area contributed by atoms with Crippen LogP contribution in [0.2, 0.25) is 0 Å². The second-order valence-corrected chi connectivity index (χ2v) is 4.56. The molecule has 0 aliphatic carbocycles. The Balaban J connectivity index is 2.75. The molecule has 0 aliphatic heterocycles. The third-order valence-electron chi connectivity index (χ3n) is 2.65. The third-order valence-corrected chi connectivity index (χ3v) is 2.65. The highest BCUT2D eigenvalue weighted by Crippen LogP contribution is 2.21. The predicted molar refractivity (Wildman–Crippen MR) is 67.1 cm³/mol. The Morgan fingerprint density at radius 2 is 2.29 bits per heavy atom. The van der Waals surface area contributed by atoms with E-state index in [1.807, 2.05) is 12.1 Å². The number of nitrogens with two attached hydrogens (primary N) is 1. The quantitative estimate of drug-likeness (QED) is 0.786. The lowest BCUT2D eigenvalue weighted by Crippen LogP contribution is -2.36. The lowest BCUT2D eigenvalue weighted by molar-refractivity contribution is 0.164. The minimum absolute atomic E-state index is 0.0701. The Kier molecular flexibility index (Phi) is 5.75. The van der Waals surface area contributed by atoms with Crippen LogP contribution in [0.1, 0.15) is 32.1 Å². The summed E-state index contributed by atoms with van der Waals surface area (Å²) >= 11 is 0. The highest BCUT2D eigenvalue weighted by molar-refractivity contribution is 5.05. The van der Waals surface area contributed by atoms with Gasteiger partial charge in [0.2, 0.25) is 0 Å². The first-order valence-electron chi connectivity index (χ1n) is 6.03. The smallest absolute Gasteiger partial charge is 0.122 e. The second kappa shape index (κ2) is 7.10. The van der Waals surface area contributed by atoms with E-state index < -0.39 is 0 Å². The van der Waals surface area contributed by atoms with Crippen LogP contribution in [-0.2, 0) is 0 Å². The van der Waals surface area contributed by atoms with Crippen molar-refractivity contribution < 1.29 is 4.42 Å². The zero-order valence-corrected chi connectivity index (χ0v) is 10.6. The molecule has 1 atom stereocenters. The van der Waals surface area contributed by atoms with Crippen LogP contribution in [0, 0.1) is 17.2 Å². The highest BCUT2D eigenvalue weighted by Gasteiger charge is 2.21. The Labute approximate surface area is 103 Å². The van der Waals surface area contributed by atoms with Gasteiger partial charge in [0.1, 0.15) is 5.76 Å². The van der Waals surface area contributed by atoms with Crippen molar-refractivity contribution in [3.05, 3.63) is 24.2 Å². The molecule has 0 fully saturated rings. The topological polar surface area (TPSA) is 66.2 Å². The van der Waals surface area contributed by atoms with Crippen molar-refractivity contribution in [3.63, 3.8) is 0 Å². The standard InChI is InChI=1S/C13H21N3O/c1-11(2)10-16(7-4-6-14)12(9-15)13-5-3-8-17-13/h3,5,8,11-12H,4,7,9-10,15H2,1-2H3. The fourth-order valence-corrected chi connectivity index (χ4v) is 1.96. The molecule has 0 amide bonds. The summed E-state index contributed by atoms with van der Waals surface area (Å²) in [7, 11) is 0. The molecule has 0 aromatic carbocycles. The second-order valence-electron chi connectivity index (χ2n) is 4.56. The number of rotatable bonds is 7. The van der Waals surface area contributed by atoms with Gasteiger partial charge in [-0.05, 0) is 18.1 Å². The van der Waals surface area contributed by atoms with Crippen LogP contribution in [0.15, 0.2) is 22.8 Å². The number of hydrogen-bond donors (Lipinski definition) is 1. The van der Waals surface area contributed by atoms with Gasteiger partial charge in [0.05, 0.1) is 18.4 Å². The van der Waals surface area contributed by atoms with Gasteiger partial charge in [0.25, 0.3) is 0 Å². The van der Waals surface area contributed by atoms with Gasteiger partial charge < -0.3 is 10.2 Å². The summed E-state index contributed by atoms with van der Waals surface area (Å²) in [5.41, 5.74) is 5.83. The van der Waals surface area contributed by atoms with Gasteiger partial charge in [-0.25, -0.2) is 0 Å². The number of hydrogen-bond acceptors (Lipinski definition) is 4. The molecule has 0 saturated heterocycles. The monoisotopic (exact) mass is 235 g/mol. The van der Waals surface area contributed by atoms with Gasteiger partial charge in [-0.1, -0.05) is 13.8 Å². The summed E-state index contributed by atoms with van der Waals surface area (Å²) in [5, 5.41) is 8.70. The SMILES string of the molecule is CC(C)CN(CCC#N)C(CN)c1ccco1. The maximum atomic E-state index is 8.70. The van der Waals surface area contributed by atoms with Gasteiger partial charge >= 0.3 is 0 Å². The molecule has 0 bridgehead atoms. The molecule has 1 aromatic rings. The van der Waals surface area contributed by atoms with E-state index in [9.17, 15) is 0 Å². The van der Waals surface area contributed by atoms with Crippen LogP contribution in [0.3, 0.4) is 0 Å². The van der Waals surface area contributed by atoms with Gasteiger partial charge in [-0.15, -0.1) is 0 Å². The van der Waals surface area contributed by atoms with E-state index in [-0.39, 0.29) is 6.04 Å². The first kappa shape index (κ1) is 13.8. The molecule has 4 heteroatoms. The minimum atomic E-state index is 0.0701. The van der Waals surface area contributed by atoms with Crippen LogP contribution < -0.4 is 5.73 Å². The van der Waals surface area contributed by atoms with E-state index in [0.717, 1.165) is 18.8 Å². The Bertz CT molecular complexity index is 340. The predicted octanol–water partition coefficient (Wildman–Crippen LogP) is 2.15. The van der Waals surface area contributed by atoms with Crippen molar-refractivity contribution in [1.29, 1.82) is 5.26 Å². The Morgan fingerprint density at radius 3 is 2.76 bits per heavy atom. The Hall–Kier alpha value is -1.31. The van der Waals surface area contributed by atoms with Crippen molar-refractivity contribution in [1.82, 2.24) is 4.90 Å². The summed E-state index contributed by atoms with van der Waals surface area (Å²) in [6, 6.07) is 6.07. The average Bonchev–Trinajstić information content (AvgIpc) is 2.79. The van der Waals surface area contributed by atoms with Crippen molar-refractivity contribution in [2.24, 2.45) is 11.7 Å². The molecule has 1 unspecified atom stereocenters. The summed E-state index contributed by atoms with van der Waals surface area (Å²) < 4.78 is 5.42. The maximum absolute atomic E-state index is 8.70. The molecule has 4 nitrogen and oxygen atoms in total. The van der Waals surface area contributed by atoms with Crippen LogP contribution in [0.25, 0.3) is 0 Å². The molecule has 1 rings (SSSR count). The average molecular weight is 235 g/mol. The van der Waals surface area contributed by atoms with Crippen LogP contribution in [0.4, 0.5) is 0 Å². The van der Waals surface area contributed by atoms with Crippen molar-refractivity contribution in [2.75, 3.05) is 19.6 Å². The number of furan rings is 1. The van der Waals surface area contributed by atoms with E-state index in [2.05, 4.69) is 24.8 Å². The zero-order chi connectivity index (χ0) is 12.7. The normalized spacial score (nSPS) is 12.9.